The summed E-state index contributed by atoms with van der Waals surface area (Å²) >= 11 is 6.22. The SMILES string of the molecule is O=C([C@H]1CCNC1)N1CCO[C@H](c2ccccc2Cl)C1. The standard InChI is InChI=1S/C15H19ClN2O2/c16-13-4-2-1-3-12(13)14-10-18(7-8-20-14)15(19)11-5-6-17-9-11/h1-4,11,14,17H,5-10H2/t11-,14-/m0/s1. The lowest BCUT2D eigenvalue weighted by Gasteiger charge is -2.34. The van der Waals surface area contributed by atoms with Crippen LogP contribution in [0.5, 0.6) is 0 Å². The number of halogens is 1. The van der Waals surface area contributed by atoms with Gasteiger partial charge in [0.2, 0.25) is 5.91 Å². The second-order valence-corrected chi connectivity index (χ2v) is 5.76. The van der Waals surface area contributed by atoms with Gasteiger partial charge in [-0.15, -0.1) is 0 Å². The molecule has 1 aromatic carbocycles. The minimum atomic E-state index is -0.115. The van der Waals surface area contributed by atoms with Gasteiger partial charge in [-0.2, -0.15) is 0 Å². The Kier molecular flexibility index (Phi) is 4.24. The number of ether oxygens (including phenoxy) is 1. The molecule has 0 unspecified atom stereocenters. The minimum absolute atomic E-state index is 0.115. The maximum Gasteiger partial charge on any atom is 0.227 e. The summed E-state index contributed by atoms with van der Waals surface area (Å²) in [7, 11) is 0. The molecular weight excluding hydrogens is 276 g/mol. The van der Waals surface area contributed by atoms with E-state index in [9.17, 15) is 4.79 Å². The molecule has 0 saturated carbocycles. The van der Waals surface area contributed by atoms with Gasteiger partial charge in [-0.3, -0.25) is 4.79 Å². The topological polar surface area (TPSA) is 41.6 Å². The fourth-order valence-electron chi connectivity index (χ4n) is 2.90. The minimum Gasteiger partial charge on any atom is -0.370 e. The fraction of sp³-hybridized carbons (Fsp3) is 0.533. The molecule has 0 aromatic heterocycles. The lowest BCUT2D eigenvalue weighted by molar-refractivity contribution is -0.142. The highest BCUT2D eigenvalue weighted by atomic mass is 35.5. The normalized spacial score (nSPS) is 26.8. The van der Waals surface area contributed by atoms with Gasteiger partial charge >= 0.3 is 0 Å². The number of hydrogen-bond acceptors (Lipinski definition) is 3. The van der Waals surface area contributed by atoms with E-state index in [1.165, 1.54) is 0 Å². The van der Waals surface area contributed by atoms with Crippen LogP contribution in [-0.4, -0.2) is 43.6 Å². The quantitative estimate of drug-likeness (QED) is 0.905. The maximum atomic E-state index is 12.5. The van der Waals surface area contributed by atoms with Crippen molar-refractivity contribution in [3.8, 4) is 0 Å². The molecule has 2 atom stereocenters. The molecule has 2 fully saturated rings. The summed E-state index contributed by atoms with van der Waals surface area (Å²) in [6.07, 6.45) is 0.822. The zero-order valence-corrected chi connectivity index (χ0v) is 12.1. The third-order valence-corrected chi connectivity index (χ3v) is 4.38. The van der Waals surface area contributed by atoms with E-state index >= 15 is 0 Å². The van der Waals surface area contributed by atoms with E-state index in [1.54, 1.807) is 0 Å². The highest BCUT2D eigenvalue weighted by Crippen LogP contribution is 2.29. The van der Waals surface area contributed by atoms with Crippen LogP contribution in [0.2, 0.25) is 5.02 Å². The Labute approximate surface area is 124 Å². The van der Waals surface area contributed by atoms with Gasteiger partial charge in [-0.25, -0.2) is 0 Å². The Balaban J connectivity index is 1.70. The molecular formula is C15H19ClN2O2. The molecule has 20 heavy (non-hydrogen) atoms. The van der Waals surface area contributed by atoms with Gasteiger partial charge in [0, 0.05) is 23.7 Å². The Morgan fingerprint density at radius 3 is 3.00 bits per heavy atom. The van der Waals surface area contributed by atoms with Crippen LogP contribution in [0.4, 0.5) is 0 Å². The van der Waals surface area contributed by atoms with Crippen LogP contribution in [-0.2, 0) is 9.53 Å². The fourth-order valence-corrected chi connectivity index (χ4v) is 3.15. The van der Waals surface area contributed by atoms with Crippen molar-refractivity contribution in [2.24, 2.45) is 5.92 Å². The summed E-state index contributed by atoms with van der Waals surface area (Å²) in [4.78, 5) is 14.4. The molecule has 0 spiro atoms. The molecule has 2 aliphatic heterocycles. The van der Waals surface area contributed by atoms with Crippen molar-refractivity contribution in [3.05, 3.63) is 34.9 Å². The first kappa shape index (κ1) is 13.9. The lowest BCUT2D eigenvalue weighted by Crippen LogP contribution is -2.45. The summed E-state index contributed by atoms with van der Waals surface area (Å²) in [5, 5.41) is 3.95. The van der Waals surface area contributed by atoms with Crippen LogP contribution in [0.3, 0.4) is 0 Å². The zero-order chi connectivity index (χ0) is 13.9. The van der Waals surface area contributed by atoms with E-state index in [1.807, 2.05) is 29.2 Å². The molecule has 0 aliphatic carbocycles. The zero-order valence-electron chi connectivity index (χ0n) is 11.3. The molecule has 1 aromatic rings. The van der Waals surface area contributed by atoms with E-state index < -0.39 is 0 Å². The smallest absolute Gasteiger partial charge is 0.227 e. The van der Waals surface area contributed by atoms with Gasteiger partial charge in [0.15, 0.2) is 0 Å². The van der Waals surface area contributed by atoms with Gasteiger partial charge in [0.1, 0.15) is 6.10 Å². The second kappa shape index (κ2) is 6.12. The average Bonchev–Trinajstić information content (AvgIpc) is 3.01. The van der Waals surface area contributed by atoms with E-state index in [-0.39, 0.29) is 17.9 Å². The predicted octanol–water partition coefficient (Wildman–Crippen LogP) is 1.85. The molecule has 0 bridgehead atoms. The van der Waals surface area contributed by atoms with E-state index in [2.05, 4.69) is 5.32 Å². The Bertz CT molecular complexity index is 489. The van der Waals surface area contributed by atoms with Crippen molar-refractivity contribution >= 4 is 17.5 Å². The number of nitrogens with one attached hydrogen (secondary N) is 1. The predicted molar refractivity (Wildman–Crippen MR) is 77.7 cm³/mol. The highest BCUT2D eigenvalue weighted by Gasteiger charge is 2.31. The van der Waals surface area contributed by atoms with Crippen LogP contribution in [0.15, 0.2) is 24.3 Å². The first-order valence-corrected chi connectivity index (χ1v) is 7.49. The number of carbonyl (C=O) groups is 1. The van der Waals surface area contributed by atoms with Crippen molar-refractivity contribution in [1.29, 1.82) is 0 Å². The summed E-state index contributed by atoms with van der Waals surface area (Å²) in [6.45, 7) is 3.58. The van der Waals surface area contributed by atoms with Crippen molar-refractivity contribution in [2.45, 2.75) is 12.5 Å². The van der Waals surface area contributed by atoms with Crippen LogP contribution in [0, 0.1) is 5.92 Å². The molecule has 1 N–H and O–H groups in total. The third-order valence-electron chi connectivity index (χ3n) is 4.04. The van der Waals surface area contributed by atoms with Gasteiger partial charge in [0.25, 0.3) is 0 Å². The number of amides is 1. The summed E-state index contributed by atoms with van der Waals surface area (Å²) < 4.78 is 5.79. The third kappa shape index (κ3) is 2.82. The largest absolute Gasteiger partial charge is 0.370 e. The summed E-state index contributed by atoms with van der Waals surface area (Å²) in [6, 6.07) is 7.69. The van der Waals surface area contributed by atoms with E-state index in [0.29, 0.717) is 24.7 Å². The average molecular weight is 295 g/mol. The number of carbonyl (C=O) groups excluding carboxylic acids is 1. The van der Waals surface area contributed by atoms with Crippen LogP contribution >= 0.6 is 11.6 Å². The molecule has 0 radical (unpaired) electrons. The molecule has 4 nitrogen and oxygen atoms in total. The van der Waals surface area contributed by atoms with Crippen LogP contribution < -0.4 is 5.32 Å². The van der Waals surface area contributed by atoms with Gasteiger partial charge in [-0.1, -0.05) is 29.8 Å². The lowest BCUT2D eigenvalue weighted by atomic mass is 10.0. The first-order chi connectivity index (χ1) is 9.75. The molecule has 1 amide bonds. The first-order valence-electron chi connectivity index (χ1n) is 7.11. The number of benzene rings is 1. The Morgan fingerprint density at radius 2 is 2.25 bits per heavy atom. The van der Waals surface area contributed by atoms with Gasteiger partial charge in [-0.05, 0) is 19.0 Å². The summed E-state index contributed by atoms with van der Waals surface area (Å²) in [5.41, 5.74) is 0.969. The van der Waals surface area contributed by atoms with Gasteiger partial charge in [0.05, 0.1) is 19.1 Å². The summed E-state index contributed by atoms with van der Waals surface area (Å²) in [5.74, 6) is 0.371. The molecule has 5 heteroatoms. The monoisotopic (exact) mass is 294 g/mol. The Hall–Kier alpha value is -1.10. The van der Waals surface area contributed by atoms with Crippen molar-refractivity contribution in [3.63, 3.8) is 0 Å². The van der Waals surface area contributed by atoms with Crippen molar-refractivity contribution < 1.29 is 9.53 Å². The number of nitrogens with zero attached hydrogens (tertiary/aromatic N) is 1. The molecule has 108 valence electrons. The van der Waals surface area contributed by atoms with E-state index in [0.717, 1.165) is 25.1 Å². The number of hydrogen-bond donors (Lipinski definition) is 1. The molecule has 2 saturated heterocycles. The van der Waals surface area contributed by atoms with Gasteiger partial charge < -0.3 is 15.0 Å². The van der Waals surface area contributed by atoms with Crippen molar-refractivity contribution in [1.82, 2.24) is 10.2 Å². The molecule has 2 heterocycles. The molecule has 2 aliphatic rings. The van der Waals surface area contributed by atoms with E-state index in [4.69, 9.17) is 16.3 Å². The number of rotatable bonds is 2. The van der Waals surface area contributed by atoms with Crippen molar-refractivity contribution in [2.75, 3.05) is 32.8 Å². The number of morpholine rings is 1. The van der Waals surface area contributed by atoms with Crippen LogP contribution in [0.25, 0.3) is 0 Å². The Morgan fingerprint density at radius 1 is 1.40 bits per heavy atom. The highest BCUT2D eigenvalue weighted by molar-refractivity contribution is 6.31. The second-order valence-electron chi connectivity index (χ2n) is 5.35. The molecule has 3 rings (SSSR count). The maximum absolute atomic E-state index is 12.5. The van der Waals surface area contributed by atoms with Crippen LogP contribution in [0.1, 0.15) is 18.1 Å².